The minimum Gasteiger partial charge on any atom is -0.493 e. The molecule has 0 amide bonds. The van der Waals surface area contributed by atoms with Crippen LogP contribution in [0.4, 0.5) is 0 Å². The van der Waals surface area contributed by atoms with E-state index in [1.165, 1.54) is 0 Å². The fourth-order valence-corrected chi connectivity index (χ4v) is 2.71. The summed E-state index contributed by atoms with van der Waals surface area (Å²) >= 11 is 12.2. The van der Waals surface area contributed by atoms with Gasteiger partial charge in [0.05, 0.1) is 7.11 Å². The maximum atomic E-state index is 6.22. The SMILES string of the molecule is CC[C@H](C)NCc1cccc(OC)c1OCc1ccc(Cl)cc1Cl. The van der Waals surface area contributed by atoms with Crippen molar-refractivity contribution < 1.29 is 9.47 Å². The highest BCUT2D eigenvalue weighted by atomic mass is 35.5. The number of ether oxygens (including phenoxy) is 2. The average molecular weight is 368 g/mol. The van der Waals surface area contributed by atoms with Crippen molar-refractivity contribution in [3.05, 3.63) is 57.6 Å². The van der Waals surface area contributed by atoms with Gasteiger partial charge in [-0.15, -0.1) is 0 Å². The molecule has 2 rings (SSSR count). The molecule has 0 spiro atoms. The molecule has 3 nitrogen and oxygen atoms in total. The van der Waals surface area contributed by atoms with Crippen molar-refractivity contribution in [3.63, 3.8) is 0 Å². The lowest BCUT2D eigenvalue weighted by Crippen LogP contribution is -2.24. The summed E-state index contributed by atoms with van der Waals surface area (Å²) in [5.41, 5.74) is 1.94. The summed E-state index contributed by atoms with van der Waals surface area (Å²) < 4.78 is 11.5. The van der Waals surface area contributed by atoms with Gasteiger partial charge in [-0.1, -0.05) is 48.3 Å². The summed E-state index contributed by atoms with van der Waals surface area (Å²) in [4.78, 5) is 0. The van der Waals surface area contributed by atoms with Crippen molar-refractivity contribution in [3.8, 4) is 11.5 Å². The molecule has 0 radical (unpaired) electrons. The van der Waals surface area contributed by atoms with Crippen LogP contribution in [0.15, 0.2) is 36.4 Å². The molecule has 0 aliphatic carbocycles. The Morgan fingerprint density at radius 1 is 1.12 bits per heavy atom. The Kier molecular flexibility index (Phi) is 7.22. The van der Waals surface area contributed by atoms with E-state index in [1.54, 1.807) is 19.2 Å². The van der Waals surface area contributed by atoms with E-state index in [0.717, 1.165) is 29.8 Å². The molecular weight excluding hydrogens is 345 g/mol. The highest BCUT2D eigenvalue weighted by molar-refractivity contribution is 6.35. The predicted octanol–water partition coefficient (Wildman–Crippen LogP) is 5.47. The van der Waals surface area contributed by atoms with E-state index >= 15 is 0 Å². The van der Waals surface area contributed by atoms with Gasteiger partial charge in [-0.05, 0) is 31.5 Å². The van der Waals surface area contributed by atoms with Crippen LogP contribution in [0.1, 0.15) is 31.4 Å². The summed E-state index contributed by atoms with van der Waals surface area (Å²) in [5.74, 6) is 1.45. The van der Waals surface area contributed by atoms with Crippen molar-refractivity contribution in [2.45, 2.75) is 39.5 Å². The lowest BCUT2D eigenvalue weighted by atomic mass is 10.1. The predicted molar refractivity (Wildman–Crippen MR) is 100 cm³/mol. The highest BCUT2D eigenvalue weighted by Crippen LogP contribution is 2.32. The molecular formula is C19H23Cl2NO2. The standard InChI is InChI=1S/C19H23Cl2NO2/c1-4-13(2)22-11-14-6-5-7-18(23-3)19(14)24-12-15-8-9-16(20)10-17(15)21/h5-10,13,22H,4,11-12H2,1-3H3/t13-/m0/s1. The first kappa shape index (κ1) is 18.9. The number of hydrogen-bond donors (Lipinski definition) is 1. The molecule has 130 valence electrons. The van der Waals surface area contributed by atoms with Crippen LogP contribution in [-0.4, -0.2) is 13.2 Å². The number of rotatable bonds is 8. The molecule has 2 aromatic carbocycles. The third-order valence-corrected chi connectivity index (χ3v) is 4.51. The Bertz CT molecular complexity index is 676. The van der Waals surface area contributed by atoms with Crippen molar-refractivity contribution >= 4 is 23.2 Å². The molecule has 1 atom stereocenters. The van der Waals surface area contributed by atoms with Gasteiger partial charge in [0.2, 0.25) is 0 Å². The number of halogens is 2. The zero-order valence-corrected chi connectivity index (χ0v) is 15.7. The fraction of sp³-hybridized carbons (Fsp3) is 0.368. The molecule has 0 unspecified atom stereocenters. The van der Waals surface area contributed by atoms with Gasteiger partial charge in [0.15, 0.2) is 11.5 Å². The quantitative estimate of drug-likeness (QED) is 0.670. The molecule has 0 heterocycles. The van der Waals surface area contributed by atoms with Crippen LogP contribution in [0.3, 0.4) is 0 Å². The van der Waals surface area contributed by atoms with Gasteiger partial charge in [0.1, 0.15) is 6.61 Å². The van der Waals surface area contributed by atoms with Gasteiger partial charge in [0.25, 0.3) is 0 Å². The summed E-state index contributed by atoms with van der Waals surface area (Å²) in [7, 11) is 1.64. The minimum absolute atomic E-state index is 0.354. The third-order valence-electron chi connectivity index (χ3n) is 3.92. The van der Waals surface area contributed by atoms with Crippen molar-refractivity contribution in [1.82, 2.24) is 5.32 Å². The van der Waals surface area contributed by atoms with Crippen LogP contribution >= 0.6 is 23.2 Å². The molecule has 0 saturated heterocycles. The van der Waals surface area contributed by atoms with E-state index in [2.05, 4.69) is 19.2 Å². The third kappa shape index (κ3) is 5.04. The smallest absolute Gasteiger partial charge is 0.166 e. The van der Waals surface area contributed by atoms with Gasteiger partial charge >= 0.3 is 0 Å². The molecule has 0 bridgehead atoms. The summed E-state index contributed by atoms with van der Waals surface area (Å²) in [5, 5.41) is 4.68. The topological polar surface area (TPSA) is 30.5 Å². The van der Waals surface area contributed by atoms with Crippen molar-refractivity contribution in [2.24, 2.45) is 0 Å². The van der Waals surface area contributed by atoms with E-state index in [9.17, 15) is 0 Å². The minimum atomic E-state index is 0.354. The zero-order valence-electron chi connectivity index (χ0n) is 14.2. The molecule has 0 saturated carbocycles. The summed E-state index contributed by atoms with van der Waals surface area (Å²) in [6, 6.07) is 11.7. The second kappa shape index (κ2) is 9.16. The Hall–Kier alpha value is -1.42. The first-order valence-electron chi connectivity index (χ1n) is 8.01. The van der Waals surface area contributed by atoms with Crippen LogP contribution in [0.2, 0.25) is 10.0 Å². The van der Waals surface area contributed by atoms with E-state index in [1.807, 2.05) is 24.3 Å². The Morgan fingerprint density at radius 2 is 1.92 bits per heavy atom. The number of benzene rings is 2. The van der Waals surface area contributed by atoms with Crippen molar-refractivity contribution in [2.75, 3.05) is 7.11 Å². The molecule has 5 heteroatoms. The maximum absolute atomic E-state index is 6.22. The lowest BCUT2D eigenvalue weighted by Gasteiger charge is -2.17. The second-order valence-electron chi connectivity index (χ2n) is 5.66. The van der Waals surface area contributed by atoms with E-state index in [0.29, 0.717) is 28.4 Å². The first-order chi connectivity index (χ1) is 11.5. The maximum Gasteiger partial charge on any atom is 0.166 e. The second-order valence-corrected chi connectivity index (χ2v) is 6.51. The number of hydrogen-bond acceptors (Lipinski definition) is 3. The van der Waals surface area contributed by atoms with E-state index in [-0.39, 0.29) is 0 Å². The molecule has 0 aliphatic rings. The van der Waals surface area contributed by atoms with Gasteiger partial charge in [-0.3, -0.25) is 0 Å². The van der Waals surface area contributed by atoms with Gasteiger partial charge in [-0.25, -0.2) is 0 Å². The summed E-state index contributed by atoms with van der Waals surface area (Å²) in [6.45, 7) is 5.39. The van der Waals surface area contributed by atoms with Gasteiger partial charge in [-0.2, -0.15) is 0 Å². The van der Waals surface area contributed by atoms with Crippen LogP contribution in [0, 0.1) is 0 Å². The Labute approximate surface area is 153 Å². The van der Waals surface area contributed by atoms with Crippen molar-refractivity contribution in [1.29, 1.82) is 0 Å². The molecule has 0 fully saturated rings. The molecule has 0 aliphatic heterocycles. The van der Waals surface area contributed by atoms with Crippen LogP contribution in [0.5, 0.6) is 11.5 Å². The van der Waals surface area contributed by atoms with Crippen LogP contribution in [0.25, 0.3) is 0 Å². The van der Waals surface area contributed by atoms with Gasteiger partial charge < -0.3 is 14.8 Å². The molecule has 2 aromatic rings. The molecule has 1 N–H and O–H groups in total. The first-order valence-corrected chi connectivity index (χ1v) is 8.76. The van der Waals surface area contributed by atoms with Crippen LogP contribution in [-0.2, 0) is 13.2 Å². The fourth-order valence-electron chi connectivity index (χ4n) is 2.24. The lowest BCUT2D eigenvalue weighted by molar-refractivity contribution is 0.280. The average Bonchev–Trinajstić information content (AvgIpc) is 2.59. The number of methoxy groups -OCH3 is 1. The molecule has 0 aromatic heterocycles. The summed E-state index contributed by atoms with van der Waals surface area (Å²) in [6.07, 6.45) is 1.07. The highest BCUT2D eigenvalue weighted by Gasteiger charge is 2.12. The van der Waals surface area contributed by atoms with Gasteiger partial charge in [0, 0.05) is 33.8 Å². The van der Waals surface area contributed by atoms with Crippen LogP contribution < -0.4 is 14.8 Å². The number of nitrogens with one attached hydrogen (secondary N) is 1. The Morgan fingerprint density at radius 3 is 2.58 bits per heavy atom. The monoisotopic (exact) mass is 367 g/mol. The normalized spacial score (nSPS) is 12.0. The Balaban J connectivity index is 2.17. The number of para-hydroxylation sites is 1. The van der Waals surface area contributed by atoms with E-state index in [4.69, 9.17) is 32.7 Å². The zero-order chi connectivity index (χ0) is 17.5. The molecule has 24 heavy (non-hydrogen) atoms. The largest absolute Gasteiger partial charge is 0.493 e. The van der Waals surface area contributed by atoms with E-state index < -0.39 is 0 Å².